The predicted molar refractivity (Wildman–Crippen MR) is 60.4 cm³/mol. The molecular weight excluding hydrogens is 186 g/mol. The van der Waals surface area contributed by atoms with E-state index in [1.54, 1.807) is 6.26 Å². The molecule has 0 aliphatic rings. The van der Waals surface area contributed by atoms with E-state index in [4.69, 9.17) is 10.2 Å². The molecule has 1 atom stereocenters. The third-order valence-electron chi connectivity index (χ3n) is 2.50. The smallest absolute Gasteiger partial charge is 0.120 e. The summed E-state index contributed by atoms with van der Waals surface area (Å²) < 4.78 is 5.26. The van der Waals surface area contributed by atoms with Crippen molar-refractivity contribution in [2.24, 2.45) is 5.73 Å². The molecule has 2 aromatic rings. The Balaban J connectivity index is 1.89. The van der Waals surface area contributed by atoms with E-state index in [1.807, 2.05) is 30.3 Å². The lowest BCUT2D eigenvalue weighted by Crippen LogP contribution is -2.10. The van der Waals surface area contributed by atoms with Crippen molar-refractivity contribution in [3.05, 3.63) is 60.1 Å². The van der Waals surface area contributed by atoms with Gasteiger partial charge in [-0.2, -0.15) is 0 Å². The summed E-state index contributed by atoms with van der Waals surface area (Å²) in [6, 6.07) is 14.2. The van der Waals surface area contributed by atoms with Gasteiger partial charge in [-0.1, -0.05) is 30.3 Å². The average molecular weight is 201 g/mol. The first-order chi connectivity index (χ1) is 7.36. The Morgan fingerprint density at radius 2 is 1.87 bits per heavy atom. The molecule has 1 aromatic heterocycles. The summed E-state index contributed by atoms with van der Waals surface area (Å²) in [6.45, 7) is 0. The number of rotatable bonds is 4. The Bertz CT molecular complexity index is 380. The molecular formula is C13H15NO. The van der Waals surface area contributed by atoms with Crippen LogP contribution in [-0.2, 0) is 6.42 Å². The molecule has 0 amide bonds. The van der Waals surface area contributed by atoms with Gasteiger partial charge in [0.15, 0.2) is 0 Å². The van der Waals surface area contributed by atoms with Gasteiger partial charge in [0.05, 0.1) is 12.3 Å². The van der Waals surface area contributed by atoms with Crippen molar-refractivity contribution in [1.82, 2.24) is 0 Å². The van der Waals surface area contributed by atoms with Crippen molar-refractivity contribution in [2.75, 3.05) is 0 Å². The van der Waals surface area contributed by atoms with E-state index in [0.717, 1.165) is 18.6 Å². The Morgan fingerprint density at radius 3 is 2.53 bits per heavy atom. The lowest BCUT2D eigenvalue weighted by atomic mass is 10.0. The normalized spacial score (nSPS) is 12.6. The zero-order valence-corrected chi connectivity index (χ0v) is 8.60. The second kappa shape index (κ2) is 4.80. The molecule has 0 fully saturated rings. The molecule has 0 bridgehead atoms. The zero-order valence-electron chi connectivity index (χ0n) is 8.60. The van der Waals surface area contributed by atoms with Gasteiger partial charge in [0.1, 0.15) is 5.76 Å². The summed E-state index contributed by atoms with van der Waals surface area (Å²) in [7, 11) is 0. The highest BCUT2D eigenvalue weighted by Gasteiger charge is 2.08. The van der Waals surface area contributed by atoms with E-state index in [1.165, 1.54) is 5.56 Å². The van der Waals surface area contributed by atoms with Crippen LogP contribution in [0.5, 0.6) is 0 Å². The number of aryl methyl sites for hydroxylation is 1. The van der Waals surface area contributed by atoms with E-state index in [0.29, 0.717) is 0 Å². The van der Waals surface area contributed by atoms with Crippen molar-refractivity contribution >= 4 is 0 Å². The summed E-state index contributed by atoms with van der Waals surface area (Å²) >= 11 is 0. The quantitative estimate of drug-likeness (QED) is 0.826. The van der Waals surface area contributed by atoms with E-state index < -0.39 is 0 Å². The molecule has 0 aliphatic carbocycles. The van der Waals surface area contributed by atoms with Gasteiger partial charge in [-0.25, -0.2) is 0 Å². The van der Waals surface area contributed by atoms with Crippen LogP contribution in [0.25, 0.3) is 0 Å². The Morgan fingerprint density at radius 1 is 1.07 bits per heavy atom. The average Bonchev–Trinajstić information content (AvgIpc) is 2.81. The van der Waals surface area contributed by atoms with Crippen LogP contribution in [0.2, 0.25) is 0 Å². The van der Waals surface area contributed by atoms with Crippen molar-refractivity contribution in [2.45, 2.75) is 18.9 Å². The third-order valence-corrected chi connectivity index (χ3v) is 2.50. The van der Waals surface area contributed by atoms with Gasteiger partial charge >= 0.3 is 0 Å². The first kappa shape index (κ1) is 9.99. The topological polar surface area (TPSA) is 39.2 Å². The zero-order chi connectivity index (χ0) is 10.5. The van der Waals surface area contributed by atoms with Gasteiger partial charge in [0.2, 0.25) is 0 Å². The fourth-order valence-electron chi connectivity index (χ4n) is 1.61. The fourth-order valence-corrected chi connectivity index (χ4v) is 1.61. The first-order valence-corrected chi connectivity index (χ1v) is 5.19. The van der Waals surface area contributed by atoms with Crippen LogP contribution in [0.4, 0.5) is 0 Å². The highest BCUT2D eigenvalue weighted by molar-refractivity contribution is 5.15. The van der Waals surface area contributed by atoms with E-state index in [-0.39, 0.29) is 6.04 Å². The van der Waals surface area contributed by atoms with Crippen LogP contribution in [-0.4, -0.2) is 0 Å². The van der Waals surface area contributed by atoms with Crippen LogP contribution in [0.1, 0.15) is 23.8 Å². The summed E-state index contributed by atoms with van der Waals surface area (Å²) in [5.41, 5.74) is 7.31. The van der Waals surface area contributed by atoms with Crippen molar-refractivity contribution in [3.8, 4) is 0 Å². The first-order valence-electron chi connectivity index (χ1n) is 5.19. The minimum Gasteiger partial charge on any atom is -0.468 e. The minimum absolute atomic E-state index is 0.000191. The van der Waals surface area contributed by atoms with Crippen LogP contribution in [0, 0.1) is 0 Å². The van der Waals surface area contributed by atoms with Crippen LogP contribution in [0.3, 0.4) is 0 Å². The van der Waals surface area contributed by atoms with Crippen molar-refractivity contribution in [1.29, 1.82) is 0 Å². The molecule has 0 aliphatic heterocycles. The lowest BCUT2D eigenvalue weighted by Gasteiger charge is -2.08. The Labute approximate surface area is 89.7 Å². The molecule has 0 spiro atoms. The Hall–Kier alpha value is -1.54. The summed E-state index contributed by atoms with van der Waals surface area (Å²) in [5, 5.41) is 0. The number of furan rings is 1. The molecule has 0 saturated heterocycles. The van der Waals surface area contributed by atoms with Crippen LogP contribution >= 0.6 is 0 Å². The van der Waals surface area contributed by atoms with E-state index in [9.17, 15) is 0 Å². The van der Waals surface area contributed by atoms with Gasteiger partial charge < -0.3 is 10.2 Å². The number of hydrogen-bond donors (Lipinski definition) is 1. The summed E-state index contributed by atoms with van der Waals surface area (Å²) in [4.78, 5) is 0. The van der Waals surface area contributed by atoms with Crippen LogP contribution in [0.15, 0.2) is 53.1 Å². The molecule has 2 heteroatoms. The SMILES string of the molecule is NC(CCc1ccccc1)c1ccco1. The maximum atomic E-state index is 5.99. The molecule has 2 rings (SSSR count). The molecule has 2 N–H and O–H groups in total. The minimum atomic E-state index is 0.000191. The highest BCUT2D eigenvalue weighted by Crippen LogP contribution is 2.16. The predicted octanol–water partition coefficient (Wildman–Crippen LogP) is 2.91. The van der Waals surface area contributed by atoms with E-state index in [2.05, 4.69) is 12.1 Å². The highest BCUT2D eigenvalue weighted by atomic mass is 16.3. The number of nitrogens with two attached hydrogens (primary N) is 1. The molecule has 0 radical (unpaired) electrons. The largest absolute Gasteiger partial charge is 0.468 e. The van der Waals surface area contributed by atoms with E-state index >= 15 is 0 Å². The monoisotopic (exact) mass is 201 g/mol. The third kappa shape index (κ3) is 2.70. The molecule has 1 aromatic carbocycles. The molecule has 1 heterocycles. The molecule has 78 valence electrons. The lowest BCUT2D eigenvalue weighted by molar-refractivity contribution is 0.452. The maximum Gasteiger partial charge on any atom is 0.120 e. The standard InChI is InChI=1S/C13H15NO/c14-12(13-7-4-10-15-13)9-8-11-5-2-1-3-6-11/h1-7,10,12H,8-9,14H2. The maximum absolute atomic E-state index is 5.99. The molecule has 1 unspecified atom stereocenters. The fraction of sp³-hybridized carbons (Fsp3) is 0.231. The van der Waals surface area contributed by atoms with Crippen molar-refractivity contribution < 1.29 is 4.42 Å². The van der Waals surface area contributed by atoms with Crippen molar-refractivity contribution in [3.63, 3.8) is 0 Å². The summed E-state index contributed by atoms with van der Waals surface area (Å²) in [6.07, 6.45) is 3.57. The molecule has 0 saturated carbocycles. The van der Waals surface area contributed by atoms with Gasteiger partial charge in [-0.15, -0.1) is 0 Å². The van der Waals surface area contributed by atoms with Gasteiger partial charge in [0.25, 0.3) is 0 Å². The van der Waals surface area contributed by atoms with Gasteiger partial charge in [-0.05, 0) is 30.5 Å². The molecule has 15 heavy (non-hydrogen) atoms. The van der Waals surface area contributed by atoms with Gasteiger partial charge in [-0.3, -0.25) is 0 Å². The number of benzene rings is 1. The Kier molecular flexibility index (Phi) is 3.20. The summed E-state index contributed by atoms with van der Waals surface area (Å²) in [5.74, 6) is 0.867. The van der Waals surface area contributed by atoms with Gasteiger partial charge in [0, 0.05) is 0 Å². The number of hydrogen-bond acceptors (Lipinski definition) is 2. The second-order valence-corrected chi connectivity index (χ2v) is 3.65. The molecule has 2 nitrogen and oxygen atoms in total. The second-order valence-electron chi connectivity index (χ2n) is 3.65. The van der Waals surface area contributed by atoms with Crippen LogP contribution < -0.4 is 5.73 Å².